The van der Waals surface area contributed by atoms with E-state index in [1.165, 1.54) is 17.5 Å². The number of anilines is 1. The van der Waals surface area contributed by atoms with Gasteiger partial charge in [0.05, 0.1) is 0 Å². The maximum atomic E-state index is 5.83. The van der Waals surface area contributed by atoms with Crippen molar-refractivity contribution >= 4 is 5.69 Å². The number of nitrogens with two attached hydrogens (primary N) is 1. The predicted molar refractivity (Wildman–Crippen MR) is 80.0 cm³/mol. The van der Waals surface area contributed by atoms with Crippen LogP contribution in [0.2, 0.25) is 0 Å². The van der Waals surface area contributed by atoms with Crippen LogP contribution in [0.25, 0.3) is 0 Å². The number of rotatable bonds is 4. The van der Waals surface area contributed by atoms with Crippen molar-refractivity contribution in [2.45, 2.75) is 31.8 Å². The molecule has 0 radical (unpaired) electrons. The quantitative estimate of drug-likeness (QED) is 0.820. The van der Waals surface area contributed by atoms with Crippen LogP contribution in [0.15, 0.2) is 48.5 Å². The molecule has 2 atom stereocenters. The molecule has 1 fully saturated rings. The van der Waals surface area contributed by atoms with Crippen LogP contribution in [0.4, 0.5) is 5.69 Å². The Kier molecular flexibility index (Phi) is 3.26. The van der Waals surface area contributed by atoms with Gasteiger partial charge < -0.3 is 11.1 Å². The molecule has 0 aromatic heterocycles. The second-order valence-electron chi connectivity index (χ2n) is 5.43. The van der Waals surface area contributed by atoms with Crippen LogP contribution in [0, 0.1) is 6.92 Å². The largest absolute Gasteiger partial charge is 0.399 e. The molecule has 0 saturated heterocycles. The summed E-state index contributed by atoms with van der Waals surface area (Å²) in [5, 5.41) is 3.63. The van der Waals surface area contributed by atoms with Gasteiger partial charge in [0.2, 0.25) is 0 Å². The fraction of sp³-hybridized carbons (Fsp3) is 0.294. The van der Waals surface area contributed by atoms with Gasteiger partial charge >= 0.3 is 0 Å². The smallest absolute Gasteiger partial charge is 0.0343 e. The molecule has 0 bridgehead atoms. The van der Waals surface area contributed by atoms with E-state index in [-0.39, 0.29) is 0 Å². The lowest BCUT2D eigenvalue weighted by Gasteiger charge is -2.07. The van der Waals surface area contributed by atoms with E-state index in [1.54, 1.807) is 0 Å². The minimum absolute atomic E-state index is 0.625. The molecule has 2 unspecified atom stereocenters. The zero-order valence-electron chi connectivity index (χ0n) is 11.3. The van der Waals surface area contributed by atoms with Crippen LogP contribution in [0.1, 0.15) is 29.0 Å². The maximum absolute atomic E-state index is 5.83. The highest BCUT2D eigenvalue weighted by atomic mass is 15.0. The second kappa shape index (κ2) is 5.06. The molecule has 19 heavy (non-hydrogen) atoms. The van der Waals surface area contributed by atoms with E-state index in [0.717, 1.165) is 17.8 Å². The normalized spacial score (nSPS) is 21.3. The lowest BCUT2D eigenvalue weighted by molar-refractivity contribution is 0.672. The first-order valence-electron chi connectivity index (χ1n) is 6.87. The zero-order valence-corrected chi connectivity index (χ0v) is 11.3. The van der Waals surface area contributed by atoms with Crippen LogP contribution in [0.5, 0.6) is 0 Å². The highest BCUT2D eigenvalue weighted by molar-refractivity contribution is 5.47. The van der Waals surface area contributed by atoms with Gasteiger partial charge in [-0.15, -0.1) is 0 Å². The number of aryl methyl sites for hydroxylation is 1. The van der Waals surface area contributed by atoms with Crippen LogP contribution in [0.3, 0.4) is 0 Å². The van der Waals surface area contributed by atoms with Crippen molar-refractivity contribution in [3.63, 3.8) is 0 Å². The zero-order chi connectivity index (χ0) is 13.2. The molecular weight excluding hydrogens is 232 g/mol. The van der Waals surface area contributed by atoms with Gasteiger partial charge in [-0.1, -0.05) is 42.5 Å². The lowest BCUT2D eigenvalue weighted by atomic mass is 10.1. The average Bonchev–Trinajstić information content (AvgIpc) is 3.21. The van der Waals surface area contributed by atoms with Gasteiger partial charge in [-0.3, -0.25) is 0 Å². The fourth-order valence-electron chi connectivity index (χ4n) is 2.59. The Morgan fingerprint density at radius 3 is 2.68 bits per heavy atom. The first-order chi connectivity index (χ1) is 9.24. The third-order valence-corrected chi connectivity index (χ3v) is 3.92. The van der Waals surface area contributed by atoms with Gasteiger partial charge in [0, 0.05) is 24.2 Å². The van der Waals surface area contributed by atoms with Crippen molar-refractivity contribution in [1.29, 1.82) is 0 Å². The summed E-state index contributed by atoms with van der Waals surface area (Å²) in [6.07, 6.45) is 1.25. The van der Waals surface area contributed by atoms with Crippen LogP contribution < -0.4 is 11.1 Å². The van der Waals surface area contributed by atoms with Gasteiger partial charge in [-0.2, -0.15) is 0 Å². The third kappa shape index (κ3) is 2.79. The van der Waals surface area contributed by atoms with E-state index >= 15 is 0 Å². The summed E-state index contributed by atoms with van der Waals surface area (Å²) in [5.74, 6) is 0.691. The van der Waals surface area contributed by atoms with Gasteiger partial charge in [0.15, 0.2) is 0 Å². The van der Waals surface area contributed by atoms with E-state index in [0.29, 0.717) is 12.0 Å². The highest BCUT2D eigenvalue weighted by Crippen LogP contribution is 2.40. The standard InChI is InChI=1S/C17H20N2/c1-12-9-13(7-8-16(12)18)11-19-17-10-15(17)14-5-3-2-4-6-14/h2-9,15,17,19H,10-11,18H2,1H3. The van der Waals surface area contributed by atoms with Gasteiger partial charge in [-0.05, 0) is 36.1 Å². The summed E-state index contributed by atoms with van der Waals surface area (Å²) in [6, 6.07) is 17.7. The number of benzene rings is 2. The molecular formula is C17H20N2. The average molecular weight is 252 g/mol. The first kappa shape index (κ1) is 12.2. The van der Waals surface area contributed by atoms with E-state index in [2.05, 4.69) is 54.7 Å². The number of nitrogens with one attached hydrogen (secondary N) is 1. The molecule has 2 nitrogen and oxygen atoms in total. The maximum Gasteiger partial charge on any atom is 0.0343 e. The minimum Gasteiger partial charge on any atom is -0.399 e. The molecule has 0 aliphatic heterocycles. The number of nitrogen functional groups attached to an aromatic ring is 1. The molecule has 2 aromatic rings. The van der Waals surface area contributed by atoms with Gasteiger partial charge in [-0.25, -0.2) is 0 Å². The molecule has 1 aliphatic carbocycles. The van der Waals surface area contributed by atoms with Gasteiger partial charge in [0.25, 0.3) is 0 Å². The molecule has 0 amide bonds. The Balaban J connectivity index is 1.56. The van der Waals surface area contributed by atoms with Crippen molar-refractivity contribution in [3.05, 3.63) is 65.2 Å². The SMILES string of the molecule is Cc1cc(CNC2CC2c2ccccc2)ccc1N. The highest BCUT2D eigenvalue weighted by Gasteiger charge is 2.37. The first-order valence-corrected chi connectivity index (χ1v) is 6.87. The van der Waals surface area contributed by atoms with Crippen molar-refractivity contribution < 1.29 is 0 Å². The molecule has 1 saturated carbocycles. The summed E-state index contributed by atoms with van der Waals surface area (Å²) in [5.41, 5.74) is 10.6. The third-order valence-electron chi connectivity index (χ3n) is 3.92. The van der Waals surface area contributed by atoms with Crippen LogP contribution >= 0.6 is 0 Å². The van der Waals surface area contributed by atoms with Crippen molar-refractivity contribution in [1.82, 2.24) is 5.32 Å². The van der Waals surface area contributed by atoms with E-state index in [4.69, 9.17) is 5.73 Å². The summed E-state index contributed by atoms with van der Waals surface area (Å²) < 4.78 is 0. The Hall–Kier alpha value is -1.80. The molecule has 3 N–H and O–H groups in total. The summed E-state index contributed by atoms with van der Waals surface area (Å²) in [7, 11) is 0. The summed E-state index contributed by atoms with van der Waals surface area (Å²) >= 11 is 0. The van der Waals surface area contributed by atoms with Gasteiger partial charge in [0.1, 0.15) is 0 Å². The molecule has 2 heteroatoms. The monoisotopic (exact) mass is 252 g/mol. The minimum atomic E-state index is 0.625. The lowest BCUT2D eigenvalue weighted by Crippen LogP contribution is -2.17. The number of hydrogen-bond acceptors (Lipinski definition) is 2. The molecule has 0 spiro atoms. The Morgan fingerprint density at radius 1 is 1.16 bits per heavy atom. The van der Waals surface area contributed by atoms with E-state index < -0.39 is 0 Å². The Morgan fingerprint density at radius 2 is 1.95 bits per heavy atom. The van der Waals surface area contributed by atoms with Crippen molar-refractivity contribution in [3.8, 4) is 0 Å². The fourth-order valence-corrected chi connectivity index (χ4v) is 2.59. The van der Waals surface area contributed by atoms with Crippen LogP contribution in [-0.2, 0) is 6.54 Å². The summed E-state index contributed by atoms with van der Waals surface area (Å²) in [4.78, 5) is 0. The molecule has 1 aliphatic rings. The molecule has 0 heterocycles. The number of hydrogen-bond donors (Lipinski definition) is 2. The molecule has 3 rings (SSSR count). The Labute approximate surface area is 114 Å². The van der Waals surface area contributed by atoms with E-state index in [9.17, 15) is 0 Å². The van der Waals surface area contributed by atoms with Crippen molar-refractivity contribution in [2.24, 2.45) is 0 Å². The van der Waals surface area contributed by atoms with E-state index in [1.807, 2.05) is 6.07 Å². The topological polar surface area (TPSA) is 38.0 Å². The molecule has 98 valence electrons. The molecule has 2 aromatic carbocycles. The van der Waals surface area contributed by atoms with Crippen molar-refractivity contribution in [2.75, 3.05) is 5.73 Å². The van der Waals surface area contributed by atoms with Crippen LogP contribution in [-0.4, -0.2) is 6.04 Å². The summed E-state index contributed by atoms with van der Waals surface area (Å²) in [6.45, 7) is 2.98. The second-order valence-corrected chi connectivity index (χ2v) is 5.43. The predicted octanol–water partition coefficient (Wildman–Crippen LogP) is 3.22. The Bertz CT molecular complexity index is 563.